The van der Waals surface area contributed by atoms with Crippen molar-refractivity contribution in [3.63, 3.8) is 0 Å². The summed E-state index contributed by atoms with van der Waals surface area (Å²) in [5.41, 5.74) is 0. The Kier molecular flexibility index (Phi) is 2.64. The fraction of sp³-hybridized carbons (Fsp3) is 0.857. The fourth-order valence-electron chi connectivity index (χ4n) is 1.21. The SMILES string of the molecule is N#CC[C@H]1CNCC[C@H]1F. The predicted molar refractivity (Wildman–Crippen MR) is 36.1 cm³/mol. The second kappa shape index (κ2) is 3.52. The Morgan fingerprint density at radius 1 is 1.70 bits per heavy atom. The average Bonchev–Trinajstić information content (AvgIpc) is 1.94. The van der Waals surface area contributed by atoms with Crippen LogP contribution >= 0.6 is 0 Å². The van der Waals surface area contributed by atoms with Crippen molar-refractivity contribution >= 4 is 0 Å². The maximum atomic E-state index is 12.8. The number of halogens is 1. The molecule has 2 nitrogen and oxygen atoms in total. The Bertz CT molecular complexity index is 141. The summed E-state index contributed by atoms with van der Waals surface area (Å²) < 4.78 is 12.8. The zero-order valence-electron chi connectivity index (χ0n) is 5.81. The van der Waals surface area contributed by atoms with Gasteiger partial charge in [0.25, 0.3) is 0 Å². The molecule has 1 heterocycles. The molecule has 0 saturated carbocycles. The lowest BCUT2D eigenvalue weighted by Gasteiger charge is -2.24. The second-order valence-electron chi connectivity index (χ2n) is 2.63. The van der Waals surface area contributed by atoms with Gasteiger partial charge in [0.2, 0.25) is 0 Å². The molecule has 0 aromatic rings. The van der Waals surface area contributed by atoms with E-state index in [-0.39, 0.29) is 5.92 Å². The zero-order chi connectivity index (χ0) is 7.40. The van der Waals surface area contributed by atoms with Gasteiger partial charge < -0.3 is 5.32 Å². The molecule has 0 unspecified atom stereocenters. The lowest BCUT2D eigenvalue weighted by molar-refractivity contribution is 0.181. The molecule has 2 atom stereocenters. The van der Waals surface area contributed by atoms with Gasteiger partial charge in [-0.2, -0.15) is 5.26 Å². The number of nitrogens with one attached hydrogen (secondary N) is 1. The first-order chi connectivity index (χ1) is 4.84. The molecular weight excluding hydrogens is 131 g/mol. The molecule has 0 aromatic carbocycles. The second-order valence-corrected chi connectivity index (χ2v) is 2.63. The molecule has 0 spiro atoms. The number of nitriles is 1. The molecule has 0 aromatic heterocycles. The van der Waals surface area contributed by atoms with Gasteiger partial charge in [-0.15, -0.1) is 0 Å². The summed E-state index contributed by atoms with van der Waals surface area (Å²) in [6, 6.07) is 1.99. The molecule has 1 saturated heterocycles. The van der Waals surface area contributed by atoms with Crippen LogP contribution in [0.1, 0.15) is 12.8 Å². The van der Waals surface area contributed by atoms with Crippen LogP contribution in [0.3, 0.4) is 0 Å². The molecule has 1 fully saturated rings. The number of alkyl halides is 1. The van der Waals surface area contributed by atoms with E-state index in [1.54, 1.807) is 0 Å². The van der Waals surface area contributed by atoms with Crippen LogP contribution in [0.15, 0.2) is 0 Å². The number of nitrogens with zero attached hydrogens (tertiary/aromatic N) is 1. The highest BCUT2D eigenvalue weighted by molar-refractivity contribution is 4.85. The summed E-state index contributed by atoms with van der Waals surface area (Å²) in [6.07, 6.45) is 0.140. The monoisotopic (exact) mass is 142 g/mol. The van der Waals surface area contributed by atoms with Crippen LogP contribution in [0, 0.1) is 17.2 Å². The quantitative estimate of drug-likeness (QED) is 0.589. The van der Waals surface area contributed by atoms with Crippen LogP contribution in [0.25, 0.3) is 0 Å². The van der Waals surface area contributed by atoms with E-state index in [1.165, 1.54) is 0 Å². The van der Waals surface area contributed by atoms with E-state index in [2.05, 4.69) is 5.32 Å². The Balaban J connectivity index is 2.34. The minimum Gasteiger partial charge on any atom is -0.316 e. The first-order valence-electron chi connectivity index (χ1n) is 3.56. The van der Waals surface area contributed by atoms with E-state index < -0.39 is 6.17 Å². The van der Waals surface area contributed by atoms with E-state index in [0.29, 0.717) is 19.4 Å². The Morgan fingerprint density at radius 2 is 2.50 bits per heavy atom. The van der Waals surface area contributed by atoms with E-state index in [0.717, 1.165) is 6.54 Å². The van der Waals surface area contributed by atoms with Crippen LogP contribution in [0.5, 0.6) is 0 Å². The van der Waals surface area contributed by atoms with E-state index in [9.17, 15) is 4.39 Å². The van der Waals surface area contributed by atoms with Gasteiger partial charge in [-0.3, -0.25) is 0 Å². The Labute approximate surface area is 60.0 Å². The molecule has 10 heavy (non-hydrogen) atoms. The third-order valence-electron chi connectivity index (χ3n) is 1.87. The topological polar surface area (TPSA) is 35.8 Å². The van der Waals surface area contributed by atoms with E-state index in [1.807, 2.05) is 6.07 Å². The smallest absolute Gasteiger partial charge is 0.106 e. The molecule has 0 radical (unpaired) electrons. The van der Waals surface area contributed by atoms with Crippen molar-refractivity contribution in [2.75, 3.05) is 13.1 Å². The van der Waals surface area contributed by atoms with E-state index in [4.69, 9.17) is 5.26 Å². The molecule has 1 aliphatic heterocycles. The summed E-state index contributed by atoms with van der Waals surface area (Å²) in [6.45, 7) is 1.41. The number of rotatable bonds is 1. The van der Waals surface area contributed by atoms with Crippen LogP contribution in [-0.2, 0) is 0 Å². The Morgan fingerprint density at radius 3 is 3.10 bits per heavy atom. The summed E-state index contributed by atoms with van der Waals surface area (Å²) in [5.74, 6) is -0.0706. The van der Waals surface area contributed by atoms with Crippen LogP contribution < -0.4 is 5.32 Å². The summed E-state index contributed by atoms with van der Waals surface area (Å²) in [4.78, 5) is 0. The molecule has 0 bridgehead atoms. The molecule has 1 rings (SSSR count). The van der Waals surface area contributed by atoms with Crippen LogP contribution in [0.4, 0.5) is 4.39 Å². The van der Waals surface area contributed by atoms with Gasteiger partial charge in [0.05, 0.1) is 6.07 Å². The van der Waals surface area contributed by atoms with Gasteiger partial charge >= 0.3 is 0 Å². The molecular formula is C7H11FN2. The molecule has 1 N–H and O–H groups in total. The lowest BCUT2D eigenvalue weighted by atomic mass is 9.95. The summed E-state index contributed by atoms with van der Waals surface area (Å²) in [7, 11) is 0. The van der Waals surface area contributed by atoms with Gasteiger partial charge in [-0.1, -0.05) is 0 Å². The first kappa shape index (κ1) is 7.49. The van der Waals surface area contributed by atoms with Crippen molar-refractivity contribution in [1.82, 2.24) is 5.32 Å². The van der Waals surface area contributed by atoms with Crippen molar-refractivity contribution < 1.29 is 4.39 Å². The highest BCUT2D eigenvalue weighted by Gasteiger charge is 2.23. The Hall–Kier alpha value is -0.620. The molecule has 1 aliphatic rings. The van der Waals surface area contributed by atoms with Crippen LogP contribution in [0.2, 0.25) is 0 Å². The minimum absolute atomic E-state index is 0.0706. The third-order valence-corrected chi connectivity index (χ3v) is 1.87. The standard InChI is InChI=1S/C7H11FN2/c8-7-2-4-10-5-6(7)1-3-9/h6-7,10H,1-2,4-5H2/t6-,7+/m0/s1. The van der Waals surface area contributed by atoms with Gasteiger partial charge in [0, 0.05) is 18.9 Å². The number of hydrogen-bond donors (Lipinski definition) is 1. The van der Waals surface area contributed by atoms with Crippen molar-refractivity contribution in [1.29, 1.82) is 5.26 Å². The lowest BCUT2D eigenvalue weighted by Crippen LogP contribution is -2.37. The molecule has 0 aliphatic carbocycles. The predicted octanol–water partition coefficient (Wildman–Crippen LogP) is 0.848. The van der Waals surface area contributed by atoms with Crippen molar-refractivity contribution in [3.05, 3.63) is 0 Å². The molecule has 3 heteroatoms. The third kappa shape index (κ3) is 1.68. The maximum absolute atomic E-state index is 12.8. The highest BCUT2D eigenvalue weighted by atomic mass is 19.1. The van der Waals surface area contributed by atoms with Crippen molar-refractivity contribution in [2.24, 2.45) is 5.92 Å². The highest BCUT2D eigenvalue weighted by Crippen LogP contribution is 2.17. The maximum Gasteiger partial charge on any atom is 0.106 e. The normalized spacial score (nSPS) is 33.2. The molecule has 0 amide bonds. The first-order valence-corrected chi connectivity index (χ1v) is 3.56. The van der Waals surface area contributed by atoms with Gasteiger partial charge in [-0.25, -0.2) is 4.39 Å². The van der Waals surface area contributed by atoms with Gasteiger partial charge in [0.15, 0.2) is 0 Å². The van der Waals surface area contributed by atoms with Crippen molar-refractivity contribution in [3.8, 4) is 6.07 Å². The summed E-state index contributed by atoms with van der Waals surface area (Å²) >= 11 is 0. The fourth-order valence-corrected chi connectivity index (χ4v) is 1.21. The zero-order valence-corrected chi connectivity index (χ0v) is 5.81. The van der Waals surface area contributed by atoms with Gasteiger partial charge in [0.1, 0.15) is 6.17 Å². The minimum atomic E-state index is -0.763. The number of hydrogen-bond acceptors (Lipinski definition) is 2. The number of piperidine rings is 1. The van der Waals surface area contributed by atoms with E-state index >= 15 is 0 Å². The van der Waals surface area contributed by atoms with Gasteiger partial charge in [-0.05, 0) is 13.0 Å². The van der Waals surface area contributed by atoms with Crippen molar-refractivity contribution in [2.45, 2.75) is 19.0 Å². The summed E-state index contributed by atoms with van der Waals surface area (Å²) in [5, 5.41) is 11.4. The largest absolute Gasteiger partial charge is 0.316 e. The average molecular weight is 142 g/mol. The molecule has 56 valence electrons. The van der Waals surface area contributed by atoms with Crippen LogP contribution in [-0.4, -0.2) is 19.3 Å².